The van der Waals surface area contributed by atoms with Crippen LogP contribution in [-0.4, -0.2) is 29.0 Å². The van der Waals surface area contributed by atoms with Crippen LogP contribution in [0.15, 0.2) is 41.2 Å². The molecule has 0 saturated carbocycles. The molecule has 162 valence electrons. The standard InChI is InChI=1S/C20H23F3N4O3/c1-12(19(29)24-14-8-6-13(7-9-14)20(21,22)23)27-18(28)11-10-16(26-27)15-4-3-5-17(25-15)30-2/h6-12,15,17,25H,3-5H2,1-2H3,(H,24,29). The van der Waals surface area contributed by atoms with Crippen molar-refractivity contribution in [2.24, 2.45) is 0 Å². The minimum atomic E-state index is -4.46. The molecule has 3 rings (SSSR count). The summed E-state index contributed by atoms with van der Waals surface area (Å²) in [6.45, 7) is 1.50. The second kappa shape index (κ2) is 8.97. The molecule has 1 fully saturated rings. The number of hydrogen-bond donors (Lipinski definition) is 2. The minimum Gasteiger partial charge on any atom is -0.367 e. The molecule has 0 bridgehead atoms. The third-order valence-corrected chi connectivity index (χ3v) is 5.06. The Morgan fingerprint density at radius 3 is 2.57 bits per heavy atom. The monoisotopic (exact) mass is 424 g/mol. The molecule has 1 aromatic carbocycles. The van der Waals surface area contributed by atoms with Crippen molar-refractivity contribution in [1.82, 2.24) is 15.1 Å². The van der Waals surface area contributed by atoms with Crippen LogP contribution in [0.4, 0.5) is 18.9 Å². The van der Waals surface area contributed by atoms with E-state index in [9.17, 15) is 22.8 Å². The number of carbonyl (C=O) groups is 1. The van der Waals surface area contributed by atoms with Crippen LogP contribution in [0.1, 0.15) is 49.5 Å². The number of rotatable bonds is 5. The number of halogens is 3. The van der Waals surface area contributed by atoms with E-state index < -0.39 is 29.2 Å². The van der Waals surface area contributed by atoms with E-state index in [0.717, 1.165) is 48.2 Å². The molecule has 1 aliphatic rings. The highest BCUT2D eigenvalue weighted by Crippen LogP contribution is 2.30. The molecule has 0 spiro atoms. The smallest absolute Gasteiger partial charge is 0.367 e. The topological polar surface area (TPSA) is 85.2 Å². The fraction of sp³-hybridized carbons (Fsp3) is 0.450. The Morgan fingerprint density at radius 2 is 1.93 bits per heavy atom. The zero-order valence-corrected chi connectivity index (χ0v) is 16.6. The van der Waals surface area contributed by atoms with Gasteiger partial charge in [-0.1, -0.05) is 0 Å². The summed E-state index contributed by atoms with van der Waals surface area (Å²) in [6, 6.07) is 5.99. The molecule has 1 aromatic heterocycles. The summed E-state index contributed by atoms with van der Waals surface area (Å²) in [5.41, 5.74) is -0.451. The normalized spacial score (nSPS) is 20.6. The molecule has 30 heavy (non-hydrogen) atoms. The van der Waals surface area contributed by atoms with E-state index in [4.69, 9.17) is 4.74 Å². The van der Waals surface area contributed by atoms with Crippen LogP contribution >= 0.6 is 0 Å². The fourth-order valence-electron chi connectivity index (χ4n) is 3.32. The Morgan fingerprint density at radius 1 is 1.23 bits per heavy atom. The van der Waals surface area contributed by atoms with Crippen LogP contribution in [0.5, 0.6) is 0 Å². The van der Waals surface area contributed by atoms with Crippen LogP contribution < -0.4 is 16.2 Å². The van der Waals surface area contributed by atoms with Gasteiger partial charge >= 0.3 is 6.18 Å². The second-order valence-corrected chi connectivity index (χ2v) is 7.16. The molecule has 1 amide bonds. The van der Waals surface area contributed by atoms with Crippen molar-refractivity contribution in [2.75, 3.05) is 12.4 Å². The number of piperidine rings is 1. The molecule has 0 radical (unpaired) electrons. The highest BCUT2D eigenvalue weighted by molar-refractivity contribution is 5.93. The Bertz CT molecular complexity index is 944. The molecule has 2 N–H and O–H groups in total. The van der Waals surface area contributed by atoms with Crippen molar-refractivity contribution in [3.63, 3.8) is 0 Å². The van der Waals surface area contributed by atoms with Gasteiger partial charge in [0.15, 0.2) is 0 Å². The molecule has 3 atom stereocenters. The molecule has 10 heteroatoms. The number of anilines is 1. The predicted molar refractivity (Wildman–Crippen MR) is 104 cm³/mol. The van der Waals surface area contributed by atoms with Crippen molar-refractivity contribution in [2.45, 2.75) is 50.7 Å². The van der Waals surface area contributed by atoms with Crippen LogP contribution in [-0.2, 0) is 15.7 Å². The summed E-state index contributed by atoms with van der Waals surface area (Å²) in [6.07, 6.45) is -1.94. The van der Waals surface area contributed by atoms with Gasteiger partial charge in [0.25, 0.3) is 5.56 Å². The zero-order valence-electron chi connectivity index (χ0n) is 16.6. The minimum absolute atomic E-state index is 0.105. The molecule has 3 unspecified atom stereocenters. The van der Waals surface area contributed by atoms with Gasteiger partial charge in [0.2, 0.25) is 5.91 Å². The van der Waals surface area contributed by atoms with E-state index in [1.54, 1.807) is 13.2 Å². The van der Waals surface area contributed by atoms with E-state index in [2.05, 4.69) is 15.7 Å². The average Bonchev–Trinajstić information content (AvgIpc) is 2.73. The highest BCUT2D eigenvalue weighted by atomic mass is 19.4. The number of hydrogen-bond acceptors (Lipinski definition) is 5. The van der Waals surface area contributed by atoms with Crippen molar-refractivity contribution in [3.8, 4) is 0 Å². The number of alkyl halides is 3. The first kappa shape index (κ1) is 22.0. The molecule has 2 heterocycles. The number of amides is 1. The van der Waals surface area contributed by atoms with Gasteiger partial charge in [0.1, 0.15) is 12.3 Å². The molecule has 1 aliphatic heterocycles. The fourth-order valence-corrected chi connectivity index (χ4v) is 3.32. The first-order chi connectivity index (χ1) is 14.2. The van der Waals surface area contributed by atoms with Crippen molar-refractivity contribution in [3.05, 3.63) is 58.0 Å². The van der Waals surface area contributed by atoms with Crippen molar-refractivity contribution < 1.29 is 22.7 Å². The summed E-state index contributed by atoms with van der Waals surface area (Å²) in [5, 5.41) is 10.2. The summed E-state index contributed by atoms with van der Waals surface area (Å²) in [5.74, 6) is -0.562. The second-order valence-electron chi connectivity index (χ2n) is 7.16. The van der Waals surface area contributed by atoms with Crippen LogP contribution in [0, 0.1) is 0 Å². The number of carbonyl (C=O) groups excluding carboxylic acids is 1. The Balaban J connectivity index is 1.74. The van der Waals surface area contributed by atoms with E-state index in [-0.39, 0.29) is 18.0 Å². The molecule has 7 nitrogen and oxygen atoms in total. The van der Waals surface area contributed by atoms with Crippen LogP contribution in [0.25, 0.3) is 0 Å². The average molecular weight is 424 g/mol. The lowest BCUT2D eigenvalue weighted by Crippen LogP contribution is -2.40. The SMILES string of the molecule is COC1CCCC(c2ccc(=O)n(C(C)C(=O)Nc3ccc(C(F)(F)F)cc3)n2)N1. The van der Waals surface area contributed by atoms with Gasteiger partial charge in [-0.2, -0.15) is 18.3 Å². The summed E-state index contributed by atoms with van der Waals surface area (Å²) in [7, 11) is 1.61. The molecular weight excluding hydrogens is 401 g/mol. The summed E-state index contributed by atoms with van der Waals surface area (Å²) < 4.78 is 44.4. The number of methoxy groups -OCH3 is 1. The molecule has 0 aliphatic carbocycles. The first-order valence-corrected chi connectivity index (χ1v) is 9.56. The lowest BCUT2D eigenvalue weighted by molar-refractivity contribution is -0.137. The number of nitrogens with one attached hydrogen (secondary N) is 2. The zero-order chi connectivity index (χ0) is 21.9. The summed E-state index contributed by atoms with van der Waals surface area (Å²) >= 11 is 0. The van der Waals surface area contributed by atoms with E-state index in [1.807, 2.05) is 0 Å². The van der Waals surface area contributed by atoms with E-state index >= 15 is 0 Å². The number of benzene rings is 1. The van der Waals surface area contributed by atoms with E-state index in [0.29, 0.717) is 5.69 Å². The van der Waals surface area contributed by atoms with Crippen LogP contribution in [0.3, 0.4) is 0 Å². The van der Waals surface area contributed by atoms with Gasteiger partial charge in [-0.15, -0.1) is 0 Å². The quantitative estimate of drug-likeness (QED) is 0.770. The van der Waals surface area contributed by atoms with Crippen LogP contribution in [0.2, 0.25) is 0 Å². The third kappa shape index (κ3) is 5.06. The third-order valence-electron chi connectivity index (χ3n) is 5.06. The highest BCUT2D eigenvalue weighted by Gasteiger charge is 2.30. The number of ether oxygens (including phenoxy) is 1. The Hall–Kier alpha value is -2.72. The van der Waals surface area contributed by atoms with Gasteiger partial charge < -0.3 is 10.1 Å². The largest absolute Gasteiger partial charge is 0.416 e. The van der Waals surface area contributed by atoms with Crippen molar-refractivity contribution in [1.29, 1.82) is 0 Å². The van der Waals surface area contributed by atoms with Gasteiger partial charge in [-0.05, 0) is 56.5 Å². The lowest BCUT2D eigenvalue weighted by Gasteiger charge is -2.30. The Kier molecular flexibility index (Phi) is 6.57. The number of aromatic nitrogens is 2. The maximum Gasteiger partial charge on any atom is 0.416 e. The van der Waals surface area contributed by atoms with Gasteiger partial charge in [-0.25, -0.2) is 4.68 Å². The van der Waals surface area contributed by atoms with Gasteiger partial charge in [-0.3, -0.25) is 14.9 Å². The van der Waals surface area contributed by atoms with Gasteiger partial charge in [0, 0.05) is 18.9 Å². The first-order valence-electron chi connectivity index (χ1n) is 9.56. The maximum absolute atomic E-state index is 12.7. The summed E-state index contributed by atoms with van der Waals surface area (Å²) in [4.78, 5) is 24.8. The van der Waals surface area contributed by atoms with Gasteiger partial charge in [0.05, 0.1) is 17.3 Å². The molecule has 2 aromatic rings. The number of nitrogens with zero attached hydrogens (tertiary/aromatic N) is 2. The van der Waals surface area contributed by atoms with E-state index in [1.165, 1.54) is 13.0 Å². The Labute approximate surface area is 171 Å². The molecular formula is C20H23F3N4O3. The predicted octanol–water partition coefficient (Wildman–Crippen LogP) is 3.25. The molecule has 1 saturated heterocycles. The maximum atomic E-state index is 12.7. The lowest BCUT2D eigenvalue weighted by atomic mass is 10.0. The van der Waals surface area contributed by atoms with Crippen molar-refractivity contribution >= 4 is 11.6 Å².